The van der Waals surface area contributed by atoms with Gasteiger partial charge in [0.1, 0.15) is 5.75 Å². The minimum Gasteiger partial charge on any atom is -0.497 e. The molecule has 6 heteroatoms. The first kappa shape index (κ1) is 17.0. The maximum Gasteiger partial charge on any atom is 0.261 e. The van der Waals surface area contributed by atoms with E-state index in [4.69, 9.17) is 4.74 Å². The second-order valence-corrected chi connectivity index (χ2v) is 6.33. The first-order valence-corrected chi connectivity index (χ1v) is 8.14. The number of rotatable bonds is 7. The van der Waals surface area contributed by atoms with Gasteiger partial charge in [-0.2, -0.15) is 0 Å². The molecule has 0 bridgehead atoms. The van der Waals surface area contributed by atoms with Crippen molar-refractivity contribution in [3.8, 4) is 5.75 Å². The lowest BCUT2D eigenvalue weighted by Crippen LogP contribution is -2.37. The van der Waals surface area contributed by atoms with Gasteiger partial charge in [0.2, 0.25) is 5.91 Å². The lowest BCUT2D eigenvalue weighted by molar-refractivity contribution is -0.120. The molecule has 122 valence electrons. The third-order valence-corrected chi connectivity index (χ3v) is 4.27. The van der Waals surface area contributed by atoms with Crippen molar-refractivity contribution < 1.29 is 14.3 Å². The van der Waals surface area contributed by atoms with Gasteiger partial charge in [-0.1, -0.05) is 12.1 Å². The highest BCUT2D eigenvalue weighted by Gasteiger charge is 2.09. The van der Waals surface area contributed by atoms with E-state index in [0.29, 0.717) is 11.4 Å². The van der Waals surface area contributed by atoms with Crippen LogP contribution in [0.3, 0.4) is 0 Å². The van der Waals surface area contributed by atoms with Crippen molar-refractivity contribution in [1.82, 2.24) is 10.6 Å². The number of hydrogen-bond acceptors (Lipinski definition) is 4. The van der Waals surface area contributed by atoms with Gasteiger partial charge in [0, 0.05) is 11.4 Å². The molecule has 1 aromatic heterocycles. The fourth-order valence-corrected chi connectivity index (χ4v) is 2.79. The highest BCUT2D eigenvalue weighted by molar-refractivity contribution is 7.13. The predicted octanol–water partition coefficient (Wildman–Crippen LogP) is 2.15. The predicted molar refractivity (Wildman–Crippen MR) is 91.1 cm³/mol. The van der Waals surface area contributed by atoms with Crippen LogP contribution in [0.4, 0.5) is 0 Å². The summed E-state index contributed by atoms with van der Waals surface area (Å²) in [5.74, 6) is 0.401. The number of thiophene rings is 1. The number of amides is 2. The van der Waals surface area contributed by atoms with Gasteiger partial charge in [-0.3, -0.25) is 9.59 Å². The summed E-state index contributed by atoms with van der Waals surface area (Å²) in [6.07, 6.45) is 0.730. The number of hydrogen-bond donors (Lipinski definition) is 2. The zero-order chi connectivity index (χ0) is 16.7. The number of aryl methyl sites for hydroxylation is 1. The van der Waals surface area contributed by atoms with Crippen molar-refractivity contribution in [3.63, 3.8) is 0 Å². The zero-order valence-corrected chi connectivity index (χ0v) is 14.0. The Hall–Kier alpha value is -2.34. The largest absolute Gasteiger partial charge is 0.497 e. The fourth-order valence-electron chi connectivity index (χ4n) is 2.01. The molecule has 23 heavy (non-hydrogen) atoms. The smallest absolute Gasteiger partial charge is 0.261 e. The number of ether oxygens (including phenoxy) is 1. The molecule has 0 aliphatic carbocycles. The van der Waals surface area contributed by atoms with E-state index >= 15 is 0 Å². The van der Waals surface area contributed by atoms with Crippen LogP contribution in [0.2, 0.25) is 0 Å². The van der Waals surface area contributed by atoms with E-state index in [0.717, 1.165) is 22.6 Å². The fraction of sp³-hybridized carbons (Fsp3) is 0.294. The summed E-state index contributed by atoms with van der Waals surface area (Å²) >= 11 is 1.41. The quantitative estimate of drug-likeness (QED) is 0.816. The van der Waals surface area contributed by atoms with Crippen LogP contribution in [0.1, 0.15) is 20.1 Å². The van der Waals surface area contributed by atoms with Gasteiger partial charge >= 0.3 is 0 Å². The molecule has 0 aliphatic heterocycles. The molecular weight excluding hydrogens is 312 g/mol. The Bertz CT molecular complexity index is 665. The molecule has 2 amide bonds. The second kappa shape index (κ2) is 8.33. The van der Waals surface area contributed by atoms with Crippen LogP contribution in [0.25, 0.3) is 0 Å². The van der Waals surface area contributed by atoms with Crippen LogP contribution in [-0.4, -0.2) is 32.0 Å². The topological polar surface area (TPSA) is 67.4 Å². The molecule has 1 aromatic carbocycles. The molecule has 0 saturated carbocycles. The molecule has 2 N–H and O–H groups in total. The normalized spacial score (nSPS) is 10.2. The number of benzene rings is 1. The first-order chi connectivity index (χ1) is 11.1. The van der Waals surface area contributed by atoms with Crippen LogP contribution in [0.15, 0.2) is 36.4 Å². The monoisotopic (exact) mass is 332 g/mol. The average Bonchev–Trinajstić information content (AvgIpc) is 3.00. The summed E-state index contributed by atoms with van der Waals surface area (Å²) in [6.45, 7) is 2.45. The molecule has 5 nitrogen and oxygen atoms in total. The Morgan fingerprint density at radius 1 is 1.09 bits per heavy atom. The third kappa shape index (κ3) is 5.41. The molecule has 0 aliphatic rings. The van der Waals surface area contributed by atoms with Crippen molar-refractivity contribution in [2.75, 3.05) is 20.2 Å². The first-order valence-electron chi connectivity index (χ1n) is 7.33. The Balaban J connectivity index is 1.67. The molecule has 0 unspecified atom stereocenters. The number of methoxy groups -OCH3 is 1. The highest BCUT2D eigenvalue weighted by atomic mass is 32.1. The van der Waals surface area contributed by atoms with Crippen molar-refractivity contribution >= 4 is 23.2 Å². The summed E-state index contributed by atoms with van der Waals surface area (Å²) in [5, 5.41) is 5.41. The van der Waals surface area contributed by atoms with E-state index < -0.39 is 0 Å². The highest BCUT2D eigenvalue weighted by Crippen LogP contribution is 2.14. The van der Waals surface area contributed by atoms with Crippen LogP contribution < -0.4 is 15.4 Å². The minimum absolute atomic E-state index is 0.0155. The van der Waals surface area contributed by atoms with Crippen molar-refractivity contribution in [1.29, 1.82) is 0 Å². The zero-order valence-electron chi connectivity index (χ0n) is 13.2. The summed E-state index contributed by atoms with van der Waals surface area (Å²) in [6, 6.07) is 11.4. The number of carbonyl (C=O) groups excluding carboxylic acids is 2. The average molecular weight is 332 g/mol. The Morgan fingerprint density at radius 2 is 1.83 bits per heavy atom. The lowest BCUT2D eigenvalue weighted by atomic mass is 10.1. The van der Waals surface area contributed by atoms with Crippen LogP contribution >= 0.6 is 11.3 Å². The van der Waals surface area contributed by atoms with E-state index in [1.165, 1.54) is 11.3 Å². The van der Waals surface area contributed by atoms with Crippen molar-refractivity contribution in [2.24, 2.45) is 0 Å². The molecule has 0 spiro atoms. The maximum atomic E-state index is 11.8. The summed E-state index contributed by atoms with van der Waals surface area (Å²) in [4.78, 5) is 25.2. The molecule has 2 rings (SSSR count). The van der Waals surface area contributed by atoms with Crippen LogP contribution in [0.5, 0.6) is 5.75 Å². The number of nitrogens with one attached hydrogen (secondary N) is 2. The Morgan fingerprint density at radius 3 is 2.43 bits per heavy atom. The molecule has 0 saturated heterocycles. The second-order valence-electron chi connectivity index (χ2n) is 5.04. The SMILES string of the molecule is COc1ccc(CCNC(=O)CNC(=O)c2ccc(C)s2)cc1. The van der Waals surface area contributed by atoms with Gasteiger partial charge in [0.15, 0.2) is 0 Å². The van der Waals surface area contributed by atoms with E-state index in [2.05, 4.69) is 10.6 Å². The van der Waals surface area contributed by atoms with E-state index in [1.54, 1.807) is 13.2 Å². The summed E-state index contributed by atoms with van der Waals surface area (Å²) in [7, 11) is 1.63. The minimum atomic E-state index is -0.214. The van der Waals surface area contributed by atoms with E-state index in [1.807, 2.05) is 37.3 Å². The molecular formula is C17H20N2O3S. The standard InChI is InChI=1S/C17H20N2O3S/c1-12-3-8-15(23-12)17(21)19-11-16(20)18-10-9-13-4-6-14(22-2)7-5-13/h3-8H,9-11H2,1-2H3,(H,18,20)(H,19,21). The van der Waals surface area contributed by atoms with E-state index in [-0.39, 0.29) is 18.4 Å². The van der Waals surface area contributed by atoms with Gasteiger partial charge < -0.3 is 15.4 Å². The van der Waals surface area contributed by atoms with Gasteiger partial charge in [-0.05, 0) is 43.2 Å². The molecule has 0 radical (unpaired) electrons. The molecule has 1 heterocycles. The summed E-state index contributed by atoms with van der Waals surface area (Å²) in [5.41, 5.74) is 1.11. The summed E-state index contributed by atoms with van der Waals surface area (Å²) < 4.78 is 5.10. The van der Waals surface area contributed by atoms with Crippen LogP contribution in [0, 0.1) is 6.92 Å². The van der Waals surface area contributed by atoms with Crippen LogP contribution in [-0.2, 0) is 11.2 Å². The Kier molecular flexibility index (Phi) is 6.17. The van der Waals surface area contributed by atoms with E-state index in [9.17, 15) is 9.59 Å². The van der Waals surface area contributed by atoms with Gasteiger partial charge in [-0.15, -0.1) is 11.3 Å². The van der Waals surface area contributed by atoms with Gasteiger partial charge in [0.25, 0.3) is 5.91 Å². The molecule has 2 aromatic rings. The van der Waals surface area contributed by atoms with Crippen molar-refractivity contribution in [3.05, 3.63) is 51.7 Å². The number of carbonyl (C=O) groups is 2. The van der Waals surface area contributed by atoms with Crippen molar-refractivity contribution in [2.45, 2.75) is 13.3 Å². The lowest BCUT2D eigenvalue weighted by Gasteiger charge is -2.07. The molecule has 0 atom stereocenters. The van der Waals surface area contributed by atoms with Gasteiger partial charge in [0.05, 0.1) is 18.5 Å². The molecule has 0 fully saturated rings. The van der Waals surface area contributed by atoms with Gasteiger partial charge in [-0.25, -0.2) is 0 Å². The third-order valence-electron chi connectivity index (χ3n) is 3.27. The maximum absolute atomic E-state index is 11.8. The Labute approximate surface area is 139 Å².